The predicted molar refractivity (Wildman–Crippen MR) is 90.7 cm³/mol. The third-order valence-corrected chi connectivity index (χ3v) is 4.86. The van der Waals surface area contributed by atoms with E-state index in [9.17, 15) is 14.4 Å². The maximum atomic E-state index is 12.8. The van der Waals surface area contributed by atoms with Crippen LogP contribution in [0.5, 0.6) is 0 Å². The van der Waals surface area contributed by atoms with E-state index in [4.69, 9.17) is 0 Å². The van der Waals surface area contributed by atoms with E-state index in [-0.39, 0.29) is 24.4 Å². The largest absolute Gasteiger partial charge is 0.325 e. The summed E-state index contributed by atoms with van der Waals surface area (Å²) < 4.78 is 0. The molecule has 4 amide bonds. The van der Waals surface area contributed by atoms with Gasteiger partial charge in [-0.2, -0.15) is 0 Å². The van der Waals surface area contributed by atoms with Gasteiger partial charge in [-0.25, -0.2) is 4.79 Å². The number of imide groups is 1. The van der Waals surface area contributed by atoms with Crippen molar-refractivity contribution in [1.82, 2.24) is 10.2 Å². The summed E-state index contributed by atoms with van der Waals surface area (Å²) >= 11 is 0. The van der Waals surface area contributed by atoms with Crippen LogP contribution in [0.25, 0.3) is 0 Å². The Labute approximate surface area is 141 Å². The molecule has 0 radical (unpaired) electrons. The number of rotatable bonds is 4. The van der Waals surface area contributed by atoms with E-state index in [0.29, 0.717) is 6.42 Å². The second kappa shape index (κ2) is 5.92. The SMILES string of the molecule is CCC[C@]1(C)NC(=O)N(CC(=O)N2c3ccccc3C[C@@H]2C)C1=O. The molecular formula is C18H23N3O3. The van der Waals surface area contributed by atoms with Gasteiger partial charge in [0, 0.05) is 11.7 Å². The lowest BCUT2D eigenvalue weighted by Crippen LogP contribution is -2.47. The number of nitrogens with zero attached hydrogens (tertiary/aromatic N) is 2. The van der Waals surface area contributed by atoms with Crippen LogP contribution in [0.1, 0.15) is 39.2 Å². The molecule has 24 heavy (non-hydrogen) atoms. The Morgan fingerprint density at radius 1 is 1.33 bits per heavy atom. The van der Waals surface area contributed by atoms with Crippen molar-refractivity contribution >= 4 is 23.5 Å². The van der Waals surface area contributed by atoms with Crippen LogP contribution in [0, 0.1) is 0 Å². The second-order valence-corrected chi connectivity index (χ2v) is 6.85. The fraction of sp³-hybridized carbons (Fsp3) is 0.500. The second-order valence-electron chi connectivity index (χ2n) is 6.85. The summed E-state index contributed by atoms with van der Waals surface area (Å²) in [5.74, 6) is -0.542. The van der Waals surface area contributed by atoms with Crippen LogP contribution < -0.4 is 10.2 Å². The summed E-state index contributed by atoms with van der Waals surface area (Å²) in [7, 11) is 0. The van der Waals surface area contributed by atoms with E-state index in [1.807, 2.05) is 38.1 Å². The first-order valence-electron chi connectivity index (χ1n) is 8.41. The summed E-state index contributed by atoms with van der Waals surface area (Å²) in [6, 6.07) is 7.30. The van der Waals surface area contributed by atoms with Crippen molar-refractivity contribution in [2.75, 3.05) is 11.4 Å². The molecule has 0 saturated carbocycles. The fourth-order valence-electron chi connectivity index (χ4n) is 3.72. The molecule has 1 aromatic rings. The molecule has 2 atom stereocenters. The quantitative estimate of drug-likeness (QED) is 0.860. The van der Waals surface area contributed by atoms with Crippen LogP contribution >= 0.6 is 0 Å². The van der Waals surface area contributed by atoms with Gasteiger partial charge in [0.15, 0.2) is 0 Å². The highest BCUT2D eigenvalue weighted by Gasteiger charge is 2.48. The number of hydrogen-bond donors (Lipinski definition) is 1. The number of fused-ring (bicyclic) bond motifs is 1. The molecule has 6 nitrogen and oxygen atoms in total. The molecule has 0 spiro atoms. The standard InChI is InChI=1S/C18H23N3O3/c1-4-9-18(3)16(23)20(17(24)19-18)11-15(22)21-12(2)10-13-7-5-6-8-14(13)21/h5-8,12H,4,9-11H2,1-3H3,(H,19,24)/t12-,18-/m0/s1. The lowest BCUT2D eigenvalue weighted by molar-refractivity contribution is -0.134. The molecular weight excluding hydrogens is 306 g/mol. The smallest absolute Gasteiger partial charge is 0.323 e. The van der Waals surface area contributed by atoms with Crippen molar-refractivity contribution < 1.29 is 14.4 Å². The number of benzene rings is 1. The van der Waals surface area contributed by atoms with Crippen molar-refractivity contribution in [3.8, 4) is 0 Å². The zero-order chi connectivity index (χ0) is 17.5. The van der Waals surface area contributed by atoms with Gasteiger partial charge >= 0.3 is 6.03 Å². The first-order chi connectivity index (χ1) is 11.4. The Morgan fingerprint density at radius 2 is 2.04 bits per heavy atom. The summed E-state index contributed by atoms with van der Waals surface area (Å²) in [4.78, 5) is 40.3. The Morgan fingerprint density at radius 3 is 2.75 bits per heavy atom. The van der Waals surface area contributed by atoms with Gasteiger partial charge in [-0.1, -0.05) is 31.5 Å². The maximum Gasteiger partial charge on any atom is 0.325 e. The van der Waals surface area contributed by atoms with Gasteiger partial charge in [-0.05, 0) is 38.3 Å². The third kappa shape index (κ3) is 2.56. The van der Waals surface area contributed by atoms with Crippen LogP contribution in [-0.2, 0) is 16.0 Å². The Hall–Kier alpha value is -2.37. The van der Waals surface area contributed by atoms with Crippen molar-refractivity contribution in [2.45, 2.75) is 51.6 Å². The monoisotopic (exact) mass is 329 g/mol. The van der Waals surface area contributed by atoms with E-state index < -0.39 is 11.6 Å². The van der Waals surface area contributed by atoms with Gasteiger partial charge in [0.25, 0.3) is 5.91 Å². The highest BCUT2D eigenvalue weighted by atomic mass is 16.2. The molecule has 2 aliphatic rings. The van der Waals surface area contributed by atoms with Crippen LogP contribution in [0.3, 0.4) is 0 Å². The van der Waals surface area contributed by atoms with E-state index in [2.05, 4.69) is 5.32 Å². The molecule has 6 heteroatoms. The molecule has 0 unspecified atom stereocenters. The van der Waals surface area contributed by atoms with Crippen molar-refractivity contribution in [2.24, 2.45) is 0 Å². The highest BCUT2D eigenvalue weighted by molar-refractivity contribution is 6.10. The van der Waals surface area contributed by atoms with E-state index in [0.717, 1.165) is 29.0 Å². The average Bonchev–Trinajstić information content (AvgIpc) is 2.96. The first kappa shape index (κ1) is 16.5. The minimum Gasteiger partial charge on any atom is -0.323 e. The Bertz CT molecular complexity index is 703. The van der Waals surface area contributed by atoms with Gasteiger partial charge in [0.05, 0.1) is 0 Å². The fourth-order valence-corrected chi connectivity index (χ4v) is 3.72. The third-order valence-electron chi connectivity index (χ3n) is 4.86. The highest BCUT2D eigenvalue weighted by Crippen LogP contribution is 2.32. The average molecular weight is 329 g/mol. The minimum absolute atomic E-state index is 0.0256. The molecule has 0 aromatic heterocycles. The normalized spacial score (nSPS) is 25.9. The predicted octanol–water partition coefficient (Wildman–Crippen LogP) is 2.07. The van der Waals surface area contributed by atoms with E-state index in [1.54, 1.807) is 11.8 Å². The number of nitrogens with one attached hydrogen (secondary N) is 1. The molecule has 1 saturated heterocycles. The van der Waals surface area contributed by atoms with E-state index in [1.165, 1.54) is 0 Å². The van der Waals surface area contributed by atoms with Crippen molar-refractivity contribution in [3.63, 3.8) is 0 Å². The zero-order valence-corrected chi connectivity index (χ0v) is 14.3. The molecule has 1 fully saturated rings. The van der Waals surface area contributed by atoms with Crippen LogP contribution in [-0.4, -0.2) is 40.9 Å². The summed E-state index contributed by atoms with van der Waals surface area (Å²) in [5, 5.41) is 2.72. The van der Waals surface area contributed by atoms with Crippen molar-refractivity contribution in [3.05, 3.63) is 29.8 Å². The van der Waals surface area contributed by atoms with E-state index >= 15 is 0 Å². The van der Waals surface area contributed by atoms with Gasteiger partial charge in [0.1, 0.15) is 12.1 Å². The Kier molecular flexibility index (Phi) is 4.07. The maximum absolute atomic E-state index is 12.8. The number of hydrogen-bond acceptors (Lipinski definition) is 3. The summed E-state index contributed by atoms with van der Waals surface area (Å²) in [5.41, 5.74) is 1.09. The lowest BCUT2D eigenvalue weighted by Gasteiger charge is -2.25. The number of urea groups is 1. The number of carbonyl (C=O) groups excluding carboxylic acids is 3. The first-order valence-corrected chi connectivity index (χ1v) is 8.41. The van der Waals surface area contributed by atoms with Crippen LogP contribution in [0.15, 0.2) is 24.3 Å². The molecule has 1 N–H and O–H groups in total. The van der Waals surface area contributed by atoms with Gasteiger partial charge < -0.3 is 10.2 Å². The van der Waals surface area contributed by atoms with Crippen LogP contribution in [0.2, 0.25) is 0 Å². The number of para-hydroxylation sites is 1. The van der Waals surface area contributed by atoms with Gasteiger partial charge in [0.2, 0.25) is 5.91 Å². The lowest BCUT2D eigenvalue weighted by atomic mass is 9.96. The molecule has 0 aliphatic carbocycles. The number of anilines is 1. The molecule has 2 heterocycles. The molecule has 1 aromatic carbocycles. The van der Waals surface area contributed by atoms with Gasteiger partial charge in [-0.3, -0.25) is 14.5 Å². The zero-order valence-electron chi connectivity index (χ0n) is 14.3. The molecule has 2 aliphatic heterocycles. The topological polar surface area (TPSA) is 69.7 Å². The van der Waals surface area contributed by atoms with Gasteiger partial charge in [-0.15, -0.1) is 0 Å². The summed E-state index contributed by atoms with van der Waals surface area (Å²) in [6.07, 6.45) is 2.13. The minimum atomic E-state index is -0.902. The molecule has 128 valence electrons. The number of carbonyl (C=O) groups is 3. The van der Waals surface area contributed by atoms with Crippen LogP contribution in [0.4, 0.5) is 10.5 Å². The molecule has 0 bridgehead atoms. The number of amides is 4. The molecule has 3 rings (SSSR count). The summed E-state index contributed by atoms with van der Waals surface area (Å²) in [6.45, 7) is 5.43. The van der Waals surface area contributed by atoms with Crippen molar-refractivity contribution in [1.29, 1.82) is 0 Å². The Balaban J connectivity index is 1.78.